The van der Waals surface area contributed by atoms with Crippen molar-refractivity contribution in [2.75, 3.05) is 5.73 Å². The quantitative estimate of drug-likeness (QED) is 0.846. The predicted octanol–water partition coefficient (Wildman–Crippen LogP) is 2.56. The van der Waals surface area contributed by atoms with Gasteiger partial charge in [-0.1, -0.05) is 35.9 Å². The first-order chi connectivity index (χ1) is 9.06. The molecule has 0 unspecified atom stereocenters. The number of carbonyl (C=O) groups is 1. The topological polar surface area (TPSA) is 68.0 Å². The number of nitrogens with two attached hydrogens (primary N) is 1. The Bertz CT molecular complexity index is 593. The minimum absolute atomic E-state index is 0.209. The van der Waals surface area contributed by atoms with E-state index in [0.717, 1.165) is 11.1 Å². The number of aryl methyl sites for hydroxylation is 1. The molecule has 0 bridgehead atoms. The van der Waals surface area contributed by atoms with Crippen LogP contribution in [0.1, 0.15) is 21.5 Å². The van der Waals surface area contributed by atoms with E-state index in [1.165, 1.54) is 12.1 Å². The van der Waals surface area contributed by atoms with Crippen LogP contribution in [0.4, 0.5) is 5.82 Å². The Balaban J connectivity index is 2.08. The van der Waals surface area contributed by atoms with Gasteiger partial charge in [0.25, 0.3) is 5.91 Å². The molecule has 0 aliphatic carbocycles. The summed E-state index contributed by atoms with van der Waals surface area (Å²) in [5.41, 5.74) is 8.17. The van der Waals surface area contributed by atoms with Crippen molar-refractivity contribution in [1.29, 1.82) is 0 Å². The van der Waals surface area contributed by atoms with Crippen molar-refractivity contribution >= 4 is 23.3 Å². The van der Waals surface area contributed by atoms with Gasteiger partial charge < -0.3 is 11.1 Å². The largest absolute Gasteiger partial charge is 0.384 e. The van der Waals surface area contributed by atoms with Crippen LogP contribution >= 0.6 is 11.6 Å². The van der Waals surface area contributed by atoms with Crippen LogP contribution in [-0.2, 0) is 6.54 Å². The molecule has 4 nitrogen and oxygen atoms in total. The first-order valence-corrected chi connectivity index (χ1v) is 6.20. The zero-order valence-electron chi connectivity index (χ0n) is 10.5. The molecule has 5 heteroatoms. The van der Waals surface area contributed by atoms with E-state index in [4.69, 9.17) is 17.3 Å². The number of nitrogens with zero attached hydrogens (tertiary/aromatic N) is 1. The summed E-state index contributed by atoms with van der Waals surface area (Å²) >= 11 is 5.77. The monoisotopic (exact) mass is 275 g/mol. The molecule has 0 radical (unpaired) electrons. The fourth-order valence-corrected chi connectivity index (χ4v) is 1.95. The van der Waals surface area contributed by atoms with Crippen LogP contribution in [0.2, 0.25) is 5.15 Å². The first-order valence-electron chi connectivity index (χ1n) is 5.82. The van der Waals surface area contributed by atoms with E-state index in [0.29, 0.717) is 12.1 Å². The summed E-state index contributed by atoms with van der Waals surface area (Å²) in [5.74, 6) is 0.00722. The van der Waals surface area contributed by atoms with Crippen molar-refractivity contribution in [3.8, 4) is 0 Å². The Hall–Kier alpha value is -2.07. The number of carbonyl (C=O) groups excluding carboxylic acids is 1. The number of halogens is 1. The lowest BCUT2D eigenvalue weighted by atomic mass is 10.1. The summed E-state index contributed by atoms with van der Waals surface area (Å²) in [5, 5.41) is 3.04. The molecule has 0 aliphatic rings. The second-order valence-corrected chi connectivity index (χ2v) is 4.60. The lowest BCUT2D eigenvalue weighted by Crippen LogP contribution is -2.23. The van der Waals surface area contributed by atoms with Crippen molar-refractivity contribution in [2.45, 2.75) is 13.5 Å². The molecule has 1 aromatic carbocycles. The van der Waals surface area contributed by atoms with Gasteiger partial charge in [0.15, 0.2) is 0 Å². The second-order valence-electron chi connectivity index (χ2n) is 4.21. The first kappa shape index (κ1) is 13.4. The minimum Gasteiger partial charge on any atom is -0.384 e. The van der Waals surface area contributed by atoms with E-state index in [1.807, 2.05) is 31.2 Å². The molecule has 3 N–H and O–H groups in total. The number of nitrogen functional groups attached to an aromatic ring is 1. The number of aromatic nitrogens is 1. The van der Waals surface area contributed by atoms with Crippen molar-refractivity contribution in [3.05, 3.63) is 58.2 Å². The number of hydrogen-bond acceptors (Lipinski definition) is 3. The third-order valence-corrected chi connectivity index (χ3v) is 2.97. The minimum atomic E-state index is -0.223. The Kier molecular flexibility index (Phi) is 4.02. The maximum absolute atomic E-state index is 12.0. The maximum atomic E-state index is 12.0. The van der Waals surface area contributed by atoms with E-state index >= 15 is 0 Å². The molecule has 0 saturated carbocycles. The van der Waals surface area contributed by atoms with Crippen molar-refractivity contribution in [3.63, 3.8) is 0 Å². The van der Waals surface area contributed by atoms with Crippen LogP contribution in [0, 0.1) is 6.92 Å². The lowest BCUT2D eigenvalue weighted by Gasteiger charge is -2.08. The zero-order chi connectivity index (χ0) is 13.8. The maximum Gasteiger partial charge on any atom is 0.251 e. The van der Waals surface area contributed by atoms with Gasteiger partial charge in [0, 0.05) is 12.1 Å². The van der Waals surface area contributed by atoms with E-state index in [2.05, 4.69) is 10.3 Å². The Morgan fingerprint density at radius 1 is 1.37 bits per heavy atom. The highest BCUT2D eigenvalue weighted by atomic mass is 35.5. The Morgan fingerprint density at radius 2 is 2.11 bits per heavy atom. The summed E-state index contributed by atoms with van der Waals surface area (Å²) in [6.07, 6.45) is 0. The van der Waals surface area contributed by atoms with Crippen LogP contribution in [0.5, 0.6) is 0 Å². The van der Waals surface area contributed by atoms with Gasteiger partial charge >= 0.3 is 0 Å². The Morgan fingerprint density at radius 3 is 2.79 bits per heavy atom. The predicted molar refractivity (Wildman–Crippen MR) is 76.0 cm³/mol. The van der Waals surface area contributed by atoms with Crippen molar-refractivity contribution in [1.82, 2.24) is 10.3 Å². The van der Waals surface area contributed by atoms with Crippen molar-refractivity contribution in [2.24, 2.45) is 0 Å². The van der Waals surface area contributed by atoms with E-state index in [1.54, 1.807) is 0 Å². The summed E-state index contributed by atoms with van der Waals surface area (Å²) in [6, 6.07) is 10.9. The number of pyridine rings is 1. The van der Waals surface area contributed by atoms with Gasteiger partial charge in [-0.2, -0.15) is 0 Å². The molecule has 0 fully saturated rings. The number of nitrogens with one attached hydrogen (secondary N) is 1. The van der Waals surface area contributed by atoms with Gasteiger partial charge in [-0.15, -0.1) is 0 Å². The third-order valence-electron chi connectivity index (χ3n) is 2.78. The summed E-state index contributed by atoms with van der Waals surface area (Å²) in [6.45, 7) is 2.47. The summed E-state index contributed by atoms with van der Waals surface area (Å²) in [4.78, 5) is 15.8. The summed E-state index contributed by atoms with van der Waals surface area (Å²) in [7, 11) is 0. The average molecular weight is 276 g/mol. The molecule has 1 heterocycles. The van der Waals surface area contributed by atoms with Gasteiger partial charge in [0.2, 0.25) is 0 Å². The van der Waals surface area contributed by atoms with Gasteiger partial charge in [-0.25, -0.2) is 4.98 Å². The molecular formula is C14H14ClN3O. The van der Waals surface area contributed by atoms with Crippen LogP contribution in [0.3, 0.4) is 0 Å². The van der Waals surface area contributed by atoms with Gasteiger partial charge in [-0.05, 0) is 30.2 Å². The summed E-state index contributed by atoms with van der Waals surface area (Å²) < 4.78 is 0. The van der Waals surface area contributed by atoms with E-state index in [9.17, 15) is 4.79 Å². The van der Waals surface area contributed by atoms with Crippen LogP contribution in [0.25, 0.3) is 0 Å². The molecule has 0 spiro atoms. The SMILES string of the molecule is Cc1ccccc1CNC(=O)c1cc(N)nc(Cl)c1. The average Bonchev–Trinajstić information content (AvgIpc) is 2.36. The van der Waals surface area contributed by atoms with Crippen LogP contribution in [-0.4, -0.2) is 10.9 Å². The van der Waals surface area contributed by atoms with Crippen LogP contribution < -0.4 is 11.1 Å². The standard InChI is InChI=1S/C14H14ClN3O/c1-9-4-2-3-5-10(9)8-17-14(19)11-6-12(15)18-13(16)7-11/h2-7H,8H2,1H3,(H2,16,18)(H,17,19). The van der Waals surface area contributed by atoms with Gasteiger partial charge in [-0.3, -0.25) is 4.79 Å². The van der Waals surface area contributed by atoms with Crippen molar-refractivity contribution < 1.29 is 4.79 Å². The molecule has 0 atom stereocenters. The highest BCUT2D eigenvalue weighted by Crippen LogP contribution is 2.12. The number of amides is 1. The molecule has 1 aromatic heterocycles. The smallest absolute Gasteiger partial charge is 0.251 e. The van der Waals surface area contributed by atoms with E-state index in [-0.39, 0.29) is 16.9 Å². The van der Waals surface area contributed by atoms with E-state index < -0.39 is 0 Å². The molecule has 0 aliphatic heterocycles. The van der Waals surface area contributed by atoms with Gasteiger partial charge in [0.05, 0.1) is 0 Å². The molecular weight excluding hydrogens is 262 g/mol. The second kappa shape index (κ2) is 5.71. The van der Waals surface area contributed by atoms with Gasteiger partial charge in [0.1, 0.15) is 11.0 Å². The highest BCUT2D eigenvalue weighted by Gasteiger charge is 2.08. The molecule has 0 saturated heterocycles. The molecule has 98 valence electrons. The number of benzene rings is 1. The third kappa shape index (κ3) is 3.45. The molecule has 2 aromatic rings. The Labute approximate surface area is 116 Å². The molecule has 2 rings (SSSR count). The zero-order valence-corrected chi connectivity index (χ0v) is 11.2. The molecule has 1 amide bonds. The molecule has 19 heavy (non-hydrogen) atoms. The lowest BCUT2D eigenvalue weighted by molar-refractivity contribution is 0.0951. The highest BCUT2D eigenvalue weighted by molar-refractivity contribution is 6.29. The fourth-order valence-electron chi connectivity index (χ4n) is 1.73. The fraction of sp³-hybridized carbons (Fsp3) is 0.143. The normalized spacial score (nSPS) is 10.2. The number of rotatable bonds is 3. The number of anilines is 1. The van der Waals surface area contributed by atoms with Crippen LogP contribution in [0.15, 0.2) is 36.4 Å². The number of hydrogen-bond donors (Lipinski definition) is 2.